The van der Waals surface area contributed by atoms with Crippen molar-refractivity contribution in [3.8, 4) is 33.8 Å². The molecule has 5 aromatic heterocycles. The van der Waals surface area contributed by atoms with Crippen LogP contribution >= 0.6 is 0 Å². The number of carbonyl (C=O) groups is 1. The number of rotatable bonds is 7. The fraction of sp³-hybridized carbons (Fsp3) is 0.250. The average molecular weight is 640 g/mol. The minimum atomic E-state index is -3.66. The van der Waals surface area contributed by atoms with E-state index in [1.165, 1.54) is 12.5 Å². The summed E-state index contributed by atoms with van der Waals surface area (Å²) < 4.78 is 38.8. The molecule has 5 heterocycles. The van der Waals surface area contributed by atoms with E-state index in [9.17, 15) is 17.6 Å². The van der Waals surface area contributed by atoms with Crippen LogP contribution in [0.5, 0.6) is 0 Å². The van der Waals surface area contributed by atoms with E-state index in [2.05, 4.69) is 40.4 Å². The molecule has 5 N–H and O–H groups in total. The van der Waals surface area contributed by atoms with Crippen LogP contribution in [0.15, 0.2) is 61.2 Å². The number of aromatic nitrogens is 7. The van der Waals surface area contributed by atoms with E-state index < -0.39 is 21.0 Å². The summed E-state index contributed by atoms with van der Waals surface area (Å²) in [5.41, 5.74) is 11.1. The summed E-state index contributed by atoms with van der Waals surface area (Å²) in [5.74, 6) is -0.153. The summed E-state index contributed by atoms with van der Waals surface area (Å²) in [5, 5.41) is 9.68. The highest BCUT2D eigenvalue weighted by Gasteiger charge is 2.23. The summed E-state index contributed by atoms with van der Waals surface area (Å²) in [6.07, 6.45) is 12.7. The highest BCUT2D eigenvalue weighted by Crippen LogP contribution is 2.34. The van der Waals surface area contributed by atoms with E-state index in [1.54, 1.807) is 36.9 Å². The van der Waals surface area contributed by atoms with E-state index >= 15 is 0 Å². The third kappa shape index (κ3) is 5.72. The smallest absolute Gasteiger partial charge is 0.227 e. The Balaban J connectivity index is 1.23. The minimum Gasteiger partial charge on any atom is -0.335 e. The molecule has 0 aliphatic heterocycles. The molecule has 7 rings (SSSR count). The zero-order valence-electron chi connectivity index (χ0n) is 24.8. The molecular formula is C32H30FN9O3S. The lowest BCUT2D eigenvalue weighted by atomic mass is 9.88. The van der Waals surface area contributed by atoms with Crippen molar-refractivity contribution in [3.05, 3.63) is 72.6 Å². The van der Waals surface area contributed by atoms with E-state index in [0.29, 0.717) is 50.5 Å². The maximum absolute atomic E-state index is 14.7. The van der Waals surface area contributed by atoms with Crippen molar-refractivity contribution in [2.45, 2.75) is 37.5 Å². The number of benzene rings is 1. The Kier molecular flexibility index (Phi) is 7.53. The monoisotopic (exact) mass is 639 g/mol. The van der Waals surface area contributed by atoms with Gasteiger partial charge in [-0.25, -0.2) is 27.8 Å². The lowest BCUT2D eigenvalue weighted by Gasteiger charge is -2.20. The topological polar surface area (TPSA) is 185 Å². The lowest BCUT2D eigenvalue weighted by molar-refractivity contribution is -0.120. The summed E-state index contributed by atoms with van der Waals surface area (Å²) in [6.45, 7) is 0. The number of nitrogens with two attached hydrogens (primary N) is 1. The molecule has 46 heavy (non-hydrogen) atoms. The third-order valence-electron chi connectivity index (χ3n) is 8.37. The van der Waals surface area contributed by atoms with Gasteiger partial charge in [0.1, 0.15) is 16.9 Å². The van der Waals surface area contributed by atoms with Gasteiger partial charge in [0.15, 0.2) is 27.0 Å². The first-order chi connectivity index (χ1) is 22.1. The number of anilines is 1. The minimum absolute atomic E-state index is 0.0231. The molecule has 1 aliphatic rings. The maximum Gasteiger partial charge on any atom is 0.227 e. The Morgan fingerprint density at radius 2 is 1.80 bits per heavy atom. The molecule has 1 atom stereocenters. The Morgan fingerprint density at radius 1 is 1.00 bits per heavy atom. The van der Waals surface area contributed by atoms with Gasteiger partial charge < -0.3 is 16.0 Å². The van der Waals surface area contributed by atoms with Crippen molar-refractivity contribution in [1.82, 2.24) is 35.1 Å². The van der Waals surface area contributed by atoms with Gasteiger partial charge in [-0.2, -0.15) is 5.10 Å². The molecule has 1 fully saturated rings. The van der Waals surface area contributed by atoms with Gasteiger partial charge in [-0.1, -0.05) is 19.3 Å². The van der Waals surface area contributed by atoms with Crippen LogP contribution in [-0.4, -0.2) is 55.7 Å². The molecule has 14 heteroatoms. The summed E-state index contributed by atoms with van der Waals surface area (Å²) in [4.78, 5) is 34.0. The predicted molar refractivity (Wildman–Crippen MR) is 172 cm³/mol. The van der Waals surface area contributed by atoms with E-state index in [1.807, 2.05) is 12.1 Å². The number of sulfone groups is 1. The number of aromatic amines is 2. The SMILES string of the molecule is CS(=O)(=O)C(N)c1cc(F)cc(-c2ccnc3nc(-c4[nH]nc5ncc(-c6cncc(NC(=O)C7CCCCC7)c6)cc45)[nH]c23)c1. The number of nitrogens with one attached hydrogen (secondary N) is 3. The molecule has 1 unspecified atom stereocenters. The van der Waals surface area contributed by atoms with Crippen molar-refractivity contribution in [1.29, 1.82) is 0 Å². The fourth-order valence-electron chi connectivity index (χ4n) is 5.96. The van der Waals surface area contributed by atoms with Crippen molar-refractivity contribution in [2.24, 2.45) is 11.7 Å². The number of fused-ring (bicyclic) bond motifs is 2. The Morgan fingerprint density at radius 3 is 2.61 bits per heavy atom. The number of pyridine rings is 3. The van der Waals surface area contributed by atoms with Gasteiger partial charge in [0.05, 0.1) is 22.8 Å². The van der Waals surface area contributed by atoms with Crippen molar-refractivity contribution >= 4 is 43.6 Å². The van der Waals surface area contributed by atoms with Gasteiger partial charge >= 0.3 is 0 Å². The number of hydrogen-bond acceptors (Lipinski definition) is 9. The largest absolute Gasteiger partial charge is 0.335 e. The molecule has 234 valence electrons. The molecule has 1 amide bonds. The number of amides is 1. The molecule has 0 saturated heterocycles. The molecule has 1 aromatic carbocycles. The Bertz CT molecular complexity index is 2230. The van der Waals surface area contributed by atoms with Gasteiger partial charge in [-0.15, -0.1) is 0 Å². The zero-order chi connectivity index (χ0) is 32.0. The van der Waals surface area contributed by atoms with Gasteiger partial charge in [0.25, 0.3) is 0 Å². The molecule has 0 radical (unpaired) electrons. The lowest BCUT2D eigenvalue weighted by Crippen LogP contribution is -2.24. The van der Waals surface area contributed by atoms with Crippen LogP contribution in [0.4, 0.5) is 10.1 Å². The van der Waals surface area contributed by atoms with Crippen LogP contribution in [0.3, 0.4) is 0 Å². The fourth-order valence-corrected chi connectivity index (χ4v) is 6.59. The van der Waals surface area contributed by atoms with Crippen LogP contribution in [-0.2, 0) is 14.6 Å². The summed E-state index contributed by atoms with van der Waals surface area (Å²) in [6, 6.07) is 9.44. The van der Waals surface area contributed by atoms with Crippen LogP contribution in [0.2, 0.25) is 0 Å². The van der Waals surface area contributed by atoms with Crippen LogP contribution in [0.25, 0.3) is 56.0 Å². The van der Waals surface area contributed by atoms with E-state index in [0.717, 1.165) is 49.1 Å². The standard InChI is InChI=1S/C32H30FN9O3S/c1-46(44,45)28(34)19-9-18(10-22(33)11-19)24-7-8-36-30-26(24)39-31(40-30)27-25-13-21(15-37-29(25)42-41-27)20-12-23(16-35-14-20)38-32(43)17-5-3-2-4-6-17/h7-17,28H,2-6,34H2,1H3,(H,38,43)(H,36,39,40)(H,37,41,42). The first-order valence-corrected chi connectivity index (χ1v) is 16.8. The van der Waals surface area contributed by atoms with Crippen LogP contribution < -0.4 is 11.1 Å². The second-order valence-electron chi connectivity index (χ2n) is 11.6. The third-order valence-corrected chi connectivity index (χ3v) is 9.57. The summed E-state index contributed by atoms with van der Waals surface area (Å²) in [7, 11) is -3.66. The quantitative estimate of drug-likeness (QED) is 0.180. The summed E-state index contributed by atoms with van der Waals surface area (Å²) >= 11 is 0. The molecule has 12 nitrogen and oxygen atoms in total. The number of imidazole rings is 1. The number of hydrogen-bond donors (Lipinski definition) is 4. The number of carbonyl (C=O) groups excluding carboxylic acids is 1. The van der Waals surface area contributed by atoms with Crippen molar-refractivity contribution < 1.29 is 17.6 Å². The van der Waals surface area contributed by atoms with Crippen molar-refractivity contribution in [3.63, 3.8) is 0 Å². The van der Waals surface area contributed by atoms with E-state index in [4.69, 9.17) is 5.73 Å². The van der Waals surface area contributed by atoms with Crippen LogP contribution in [0, 0.1) is 11.7 Å². The van der Waals surface area contributed by atoms with Gasteiger partial charge in [0, 0.05) is 47.5 Å². The molecule has 6 aromatic rings. The maximum atomic E-state index is 14.7. The first kappa shape index (κ1) is 29.6. The van der Waals surface area contributed by atoms with E-state index in [-0.39, 0.29) is 17.4 Å². The number of nitrogens with zero attached hydrogens (tertiary/aromatic N) is 5. The zero-order valence-corrected chi connectivity index (χ0v) is 25.6. The highest BCUT2D eigenvalue weighted by atomic mass is 32.2. The number of halogens is 1. The Hall–Kier alpha value is -5.08. The second kappa shape index (κ2) is 11.7. The molecule has 1 saturated carbocycles. The van der Waals surface area contributed by atoms with Gasteiger partial charge in [-0.05, 0) is 60.4 Å². The first-order valence-electron chi connectivity index (χ1n) is 14.8. The Labute approximate surface area is 263 Å². The van der Waals surface area contributed by atoms with Crippen LogP contribution in [0.1, 0.15) is 43.0 Å². The molecule has 0 bridgehead atoms. The highest BCUT2D eigenvalue weighted by molar-refractivity contribution is 7.90. The van der Waals surface area contributed by atoms with Gasteiger partial charge in [-0.3, -0.25) is 14.9 Å². The normalized spacial score (nSPS) is 14.9. The van der Waals surface area contributed by atoms with Crippen molar-refractivity contribution in [2.75, 3.05) is 11.6 Å². The average Bonchev–Trinajstić information content (AvgIpc) is 3.68. The van der Waals surface area contributed by atoms with Gasteiger partial charge in [0.2, 0.25) is 5.91 Å². The number of H-pyrrole nitrogens is 2. The molecule has 1 aliphatic carbocycles. The molecule has 0 spiro atoms. The predicted octanol–water partition coefficient (Wildman–Crippen LogP) is 5.29. The molecular weight excluding hydrogens is 609 g/mol. The second-order valence-corrected chi connectivity index (χ2v) is 13.8.